The van der Waals surface area contributed by atoms with E-state index in [1.165, 1.54) is 4.90 Å². The average molecular weight is 518 g/mol. The molecule has 5 rings (SSSR count). The number of aromatic nitrogens is 1. The molecule has 0 aliphatic carbocycles. The molecule has 0 spiro atoms. The Labute approximate surface area is 222 Å². The molecule has 1 aromatic heterocycles. The Balaban J connectivity index is 1.44. The molecule has 0 bridgehead atoms. The van der Waals surface area contributed by atoms with Gasteiger partial charge in [-0.15, -0.1) is 0 Å². The van der Waals surface area contributed by atoms with Gasteiger partial charge >= 0.3 is 6.03 Å². The Hall–Kier alpha value is -3.85. The van der Waals surface area contributed by atoms with Crippen LogP contribution in [-0.4, -0.2) is 72.5 Å². The fraction of sp³-hybridized carbons (Fsp3) is 0.414. The lowest BCUT2D eigenvalue weighted by Crippen LogP contribution is -2.49. The van der Waals surface area contributed by atoms with E-state index >= 15 is 0 Å². The molecule has 2 aliphatic heterocycles. The van der Waals surface area contributed by atoms with Crippen LogP contribution in [0.4, 0.5) is 10.5 Å². The van der Waals surface area contributed by atoms with Crippen molar-refractivity contribution in [1.82, 2.24) is 20.1 Å². The molecule has 3 aromatic rings. The Morgan fingerprint density at radius 3 is 2.66 bits per heavy atom. The van der Waals surface area contributed by atoms with Gasteiger partial charge < -0.3 is 24.8 Å². The zero-order valence-electron chi connectivity index (χ0n) is 22.5. The Kier molecular flexibility index (Phi) is 6.88. The van der Waals surface area contributed by atoms with Crippen LogP contribution in [-0.2, 0) is 16.8 Å². The van der Waals surface area contributed by atoms with E-state index in [9.17, 15) is 14.4 Å². The van der Waals surface area contributed by atoms with Gasteiger partial charge in [0.2, 0.25) is 0 Å². The summed E-state index contributed by atoms with van der Waals surface area (Å²) in [7, 11) is 1.62. The summed E-state index contributed by atoms with van der Waals surface area (Å²) in [5.41, 5.74) is 2.03. The summed E-state index contributed by atoms with van der Waals surface area (Å²) in [5.74, 6) is 0.0669. The van der Waals surface area contributed by atoms with E-state index < -0.39 is 11.6 Å². The van der Waals surface area contributed by atoms with Gasteiger partial charge in [-0.1, -0.05) is 26.0 Å². The molecule has 9 nitrogen and oxygen atoms in total. The van der Waals surface area contributed by atoms with Crippen molar-refractivity contribution in [1.29, 1.82) is 0 Å². The van der Waals surface area contributed by atoms with Gasteiger partial charge in [0, 0.05) is 24.0 Å². The van der Waals surface area contributed by atoms with Crippen LogP contribution in [0.5, 0.6) is 5.75 Å². The van der Waals surface area contributed by atoms with Crippen LogP contribution < -0.4 is 15.0 Å². The van der Waals surface area contributed by atoms with Gasteiger partial charge in [0.05, 0.1) is 24.1 Å². The number of fused-ring (bicyclic) bond motifs is 5. The quantitative estimate of drug-likeness (QED) is 0.332. The number of amides is 4. The first-order valence-electron chi connectivity index (χ1n) is 13.3. The smallest absolute Gasteiger partial charge is 0.332 e. The number of H-pyrrole nitrogens is 1. The number of imide groups is 1. The van der Waals surface area contributed by atoms with E-state index in [0.29, 0.717) is 36.5 Å². The van der Waals surface area contributed by atoms with Crippen molar-refractivity contribution in [2.24, 2.45) is 0 Å². The lowest BCUT2D eigenvalue weighted by molar-refractivity contribution is -0.125. The molecule has 1 atom stereocenters. The van der Waals surface area contributed by atoms with Gasteiger partial charge in [-0.3, -0.25) is 9.59 Å². The normalized spacial score (nSPS) is 18.8. The summed E-state index contributed by atoms with van der Waals surface area (Å²) in [4.78, 5) is 49.5. The maximum absolute atomic E-state index is 14.1. The van der Waals surface area contributed by atoms with E-state index in [-0.39, 0.29) is 11.8 Å². The third-order valence-corrected chi connectivity index (χ3v) is 7.99. The van der Waals surface area contributed by atoms with Crippen LogP contribution in [0.25, 0.3) is 10.9 Å². The summed E-state index contributed by atoms with van der Waals surface area (Å²) in [6, 6.07) is 12.2. The van der Waals surface area contributed by atoms with Gasteiger partial charge in [-0.25, -0.2) is 9.69 Å². The number of rotatable bonds is 9. The van der Waals surface area contributed by atoms with Crippen molar-refractivity contribution >= 4 is 34.4 Å². The number of nitrogens with one attached hydrogen (secondary N) is 2. The molecule has 2 aliphatic rings. The van der Waals surface area contributed by atoms with Crippen LogP contribution >= 0.6 is 0 Å². The molecule has 0 radical (unpaired) electrons. The number of carbonyl (C=O) groups is 3. The number of anilines is 1. The second-order valence-corrected chi connectivity index (χ2v) is 9.94. The number of hydrogen-bond acceptors (Lipinski definition) is 5. The number of benzene rings is 2. The van der Waals surface area contributed by atoms with Crippen LogP contribution in [0.2, 0.25) is 0 Å². The molecule has 200 valence electrons. The highest BCUT2D eigenvalue weighted by Crippen LogP contribution is 2.46. The second kappa shape index (κ2) is 10.1. The minimum absolute atomic E-state index is 0.297. The lowest BCUT2D eigenvalue weighted by atomic mass is 9.87. The summed E-state index contributed by atoms with van der Waals surface area (Å²) >= 11 is 0. The Morgan fingerprint density at radius 2 is 1.92 bits per heavy atom. The molecule has 1 saturated heterocycles. The van der Waals surface area contributed by atoms with Gasteiger partial charge in [0.15, 0.2) is 5.54 Å². The van der Waals surface area contributed by atoms with Crippen molar-refractivity contribution in [3.8, 4) is 5.75 Å². The van der Waals surface area contributed by atoms with Crippen molar-refractivity contribution in [2.45, 2.75) is 39.2 Å². The van der Waals surface area contributed by atoms with E-state index in [0.717, 1.165) is 48.3 Å². The van der Waals surface area contributed by atoms with Crippen LogP contribution in [0.15, 0.2) is 42.5 Å². The van der Waals surface area contributed by atoms with E-state index in [1.54, 1.807) is 43.2 Å². The van der Waals surface area contributed by atoms with Crippen molar-refractivity contribution in [3.63, 3.8) is 0 Å². The first-order valence-corrected chi connectivity index (χ1v) is 13.3. The zero-order chi connectivity index (χ0) is 27.0. The van der Waals surface area contributed by atoms with E-state index in [2.05, 4.69) is 29.0 Å². The van der Waals surface area contributed by atoms with Crippen LogP contribution in [0, 0.1) is 0 Å². The molecule has 3 heterocycles. The molecule has 2 aromatic carbocycles. The molecule has 38 heavy (non-hydrogen) atoms. The molecule has 4 amide bonds. The van der Waals surface area contributed by atoms with Crippen molar-refractivity contribution in [2.75, 3.05) is 44.7 Å². The molecule has 0 saturated carbocycles. The van der Waals surface area contributed by atoms with Crippen molar-refractivity contribution < 1.29 is 19.1 Å². The summed E-state index contributed by atoms with van der Waals surface area (Å²) in [6.45, 7) is 9.75. The Bertz CT molecular complexity index is 1390. The number of methoxy groups -OCH3 is 1. The number of carbonyl (C=O) groups excluding carboxylic acids is 3. The Morgan fingerprint density at radius 1 is 1.16 bits per heavy atom. The summed E-state index contributed by atoms with van der Waals surface area (Å²) in [6.07, 6.45) is 1.43. The molecular formula is C29H35N5O4. The standard InChI is InChI=1S/C29H35N5O4/c1-5-32(6-2)16-9-15-30-26(35)21-10-7-8-11-24(21)34-27(36)29(3)25-20(14-17-33(29)28(34)37)22-18-19(38-4)12-13-23(22)31-25/h7-8,10-13,18,31H,5-6,9,14-17H2,1-4H3,(H,30,35)/t29-/m0/s1. The van der Waals surface area contributed by atoms with Gasteiger partial charge in [0.1, 0.15) is 5.75 Å². The first-order chi connectivity index (χ1) is 18.3. The minimum Gasteiger partial charge on any atom is -0.497 e. The second-order valence-electron chi connectivity index (χ2n) is 9.94. The average Bonchev–Trinajstić information content (AvgIpc) is 3.41. The van der Waals surface area contributed by atoms with Crippen LogP contribution in [0.3, 0.4) is 0 Å². The maximum atomic E-state index is 14.1. The largest absolute Gasteiger partial charge is 0.497 e. The molecule has 9 heteroatoms. The predicted octanol–water partition coefficient (Wildman–Crippen LogP) is 3.88. The fourth-order valence-electron chi connectivity index (χ4n) is 5.76. The first kappa shape index (κ1) is 25.8. The van der Waals surface area contributed by atoms with E-state index in [1.807, 2.05) is 18.2 Å². The topological polar surface area (TPSA) is 98.0 Å². The van der Waals surface area contributed by atoms with Gasteiger partial charge in [-0.05, 0) is 75.3 Å². The van der Waals surface area contributed by atoms with E-state index in [4.69, 9.17) is 4.74 Å². The fourth-order valence-corrected chi connectivity index (χ4v) is 5.76. The highest BCUT2D eigenvalue weighted by molar-refractivity contribution is 6.25. The molecule has 1 fully saturated rings. The van der Waals surface area contributed by atoms with Gasteiger partial charge in [0.25, 0.3) is 11.8 Å². The number of aromatic amines is 1. The number of hydrogen-bond donors (Lipinski definition) is 2. The zero-order valence-corrected chi connectivity index (χ0v) is 22.5. The molecule has 0 unspecified atom stereocenters. The number of urea groups is 1. The maximum Gasteiger partial charge on any atom is 0.332 e. The number of nitrogens with zero attached hydrogens (tertiary/aromatic N) is 3. The highest BCUT2D eigenvalue weighted by atomic mass is 16.5. The SMILES string of the molecule is CCN(CC)CCCNC(=O)c1ccccc1N1C(=O)N2CCc3c([nH]c4ccc(OC)cc34)[C@@]2(C)C1=O. The van der Waals surface area contributed by atoms with Gasteiger partial charge in [-0.2, -0.15) is 0 Å². The number of para-hydroxylation sites is 1. The molecule has 2 N–H and O–H groups in total. The molecular weight excluding hydrogens is 482 g/mol. The third-order valence-electron chi connectivity index (χ3n) is 7.99. The monoisotopic (exact) mass is 517 g/mol. The summed E-state index contributed by atoms with van der Waals surface area (Å²) in [5, 5.41) is 3.96. The van der Waals surface area contributed by atoms with Crippen LogP contribution in [0.1, 0.15) is 48.8 Å². The summed E-state index contributed by atoms with van der Waals surface area (Å²) < 4.78 is 5.41. The predicted molar refractivity (Wildman–Crippen MR) is 147 cm³/mol. The third kappa shape index (κ3) is 4.01. The lowest BCUT2D eigenvalue weighted by Gasteiger charge is -2.35. The minimum atomic E-state index is -1.20. The van der Waals surface area contributed by atoms with Crippen molar-refractivity contribution in [3.05, 3.63) is 59.3 Å². The number of ether oxygens (including phenoxy) is 1. The highest BCUT2D eigenvalue weighted by Gasteiger charge is 2.59.